The zero-order chi connectivity index (χ0) is 19.9. The molecule has 0 saturated carbocycles. The van der Waals surface area contributed by atoms with E-state index in [9.17, 15) is 14.4 Å². The summed E-state index contributed by atoms with van der Waals surface area (Å²) >= 11 is 1.40. The van der Waals surface area contributed by atoms with Crippen molar-refractivity contribution in [3.8, 4) is 0 Å². The SMILES string of the molecule is CCOP(/C=C\SCC(C=O)NC(=O)CCCC(=O)O)Nc1ccccc1. The Morgan fingerprint density at radius 1 is 1.30 bits per heavy atom. The molecule has 7 nitrogen and oxygen atoms in total. The lowest BCUT2D eigenvalue weighted by Crippen LogP contribution is -2.37. The van der Waals surface area contributed by atoms with Crippen molar-refractivity contribution in [3.05, 3.63) is 41.6 Å². The Hall–Kier alpha value is -1.89. The van der Waals surface area contributed by atoms with Gasteiger partial charge in [0.1, 0.15) is 6.29 Å². The number of carbonyl (C=O) groups is 3. The lowest BCUT2D eigenvalue weighted by molar-refractivity contribution is -0.137. The largest absolute Gasteiger partial charge is 0.481 e. The van der Waals surface area contributed by atoms with Gasteiger partial charge in [0.25, 0.3) is 0 Å². The molecule has 27 heavy (non-hydrogen) atoms. The molecule has 2 unspecified atom stereocenters. The summed E-state index contributed by atoms with van der Waals surface area (Å²) in [6.07, 6.45) is 0.965. The first-order valence-corrected chi connectivity index (χ1v) is 10.9. The van der Waals surface area contributed by atoms with Crippen LogP contribution in [0.25, 0.3) is 0 Å². The van der Waals surface area contributed by atoms with Gasteiger partial charge < -0.3 is 24.8 Å². The summed E-state index contributed by atoms with van der Waals surface area (Å²) in [7, 11) is -0.986. The van der Waals surface area contributed by atoms with Gasteiger partial charge >= 0.3 is 5.97 Å². The molecule has 1 aromatic carbocycles. The molecule has 0 bridgehead atoms. The number of hydrogen-bond acceptors (Lipinski definition) is 6. The number of carboxylic acid groups (broad SMARTS) is 1. The molecule has 2 atom stereocenters. The predicted octanol–water partition coefficient (Wildman–Crippen LogP) is 3.59. The molecule has 0 spiro atoms. The van der Waals surface area contributed by atoms with E-state index < -0.39 is 20.3 Å². The van der Waals surface area contributed by atoms with Gasteiger partial charge in [0.05, 0.1) is 12.6 Å². The molecule has 9 heteroatoms. The average molecular weight is 412 g/mol. The minimum atomic E-state index is -0.986. The third-order valence-corrected chi connectivity index (χ3v) is 5.67. The van der Waals surface area contributed by atoms with Crippen LogP contribution in [0.3, 0.4) is 0 Å². The number of amides is 1. The fourth-order valence-electron chi connectivity index (χ4n) is 1.94. The van der Waals surface area contributed by atoms with Crippen LogP contribution in [0.2, 0.25) is 0 Å². The minimum Gasteiger partial charge on any atom is -0.481 e. The summed E-state index contributed by atoms with van der Waals surface area (Å²) in [6, 6.07) is 9.12. The van der Waals surface area contributed by atoms with Crippen LogP contribution in [-0.2, 0) is 18.9 Å². The topological polar surface area (TPSA) is 105 Å². The minimum absolute atomic E-state index is 0.0634. The standard InChI is InChI=1S/C18H25N2O5PS/c1-2-25-26(20-15-7-4-3-5-8-15)11-12-27-14-16(13-21)19-17(22)9-6-10-18(23)24/h3-5,7-8,11-13,16,20H,2,6,9-10,14H2,1H3,(H,19,22)(H,23,24)/b12-11-. The Labute approximate surface area is 164 Å². The summed E-state index contributed by atoms with van der Waals surface area (Å²) in [5.41, 5.74) is 0.964. The highest BCUT2D eigenvalue weighted by Crippen LogP contribution is 2.39. The molecular weight excluding hydrogens is 387 g/mol. The van der Waals surface area contributed by atoms with E-state index in [0.717, 1.165) is 5.69 Å². The number of rotatable bonds is 14. The lowest BCUT2D eigenvalue weighted by Gasteiger charge is -2.15. The first-order chi connectivity index (χ1) is 13.0. The molecule has 0 aliphatic heterocycles. The van der Waals surface area contributed by atoms with Crippen LogP contribution in [0.15, 0.2) is 41.6 Å². The molecule has 3 N–H and O–H groups in total. The number of anilines is 1. The van der Waals surface area contributed by atoms with E-state index in [0.29, 0.717) is 18.6 Å². The number of benzene rings is 1. The van der Waals surface area contributed by atoms with Crippen LogP contribution >= 0.6 is 20.1 Å². The maximum Gasteiger partial charge on any atom is 0.303 e. The molecule has 0 aliphatic rings. The first-order valence-electron chi connectivity index (χ1n) is 8.53. The van der Waals surface area contributed by atoms with E-state index >= 15 is 0 Å². The zero-order valence-corrected chi connectivity index (χ0v) is 16.9. The van der Waals surface area contributed by atoms with E-state index in [1.165, 1.54) is 11.8 Å². The van der Waals surface area contributed by atoms with Crippen LogP contribution in [0.1, 0.15) is 26.2 Å². The quantitative estimate of drug-likeness (QED) is 0.317. The van der Waals surface area contributed by atoms with Crippen LogP contribution in [-0.4, -0.2) is 41.7 Å². The van der Waals surface area contributed by atoms with Crippen molar-refractivity contribution in [3.63, 3.8) is 0 Å². The Morgan fingerprint density at radius 3 is 2.67 bits per heavy atom. The van der Waals surface area contributed by atoms with Gasteiger partial charge in [-0.05, 0) is 36.7 Å². The highest BCUT2D eigenvalue weighted by molar-refractivity contribution is 8.02. The van der Waals surface area contributed by atoms with Gasteiger partial charge in [-0.1, -0.05) is 18.2 Å². The maximum atomic E-state index is 11.7. The number of aliphatic carboxylic acids is 1. The molecular formula is C18H25N2O5PS. The first kappa shape index (κ1) is 23.1. The van der Waals surface area contributed by atoms with Crippen molar-refractivity contribution in [1.29, 1.82) is 0 Å². The van der Waals surface area contributed by atoms with Gasteiger partial charge in [0.2, 0.25) is 5.91 Å². The average Bonchev–Trinajstić information content (AvgIpc) is 2.64. The summed E-state index contributed by atoms with van der Waals surface area (Å²) in [6.45, 7) is 2.50. The Balaban J connectivity index is 2.38. The molecule has 0 radical (unpaired) electrons. The number of nitrogens with one attached hydrogen (secondary N) is 2. The third-order valence-electron chi connectivity index (χ3n) is 3.15. The van der Waals surface area contributed by atoms with E-state index in [4.69, 9.17) is 9.63 Å². The summed E-state index contributed by atoms with van der Waals surface area (Å²) < 4.78 is 5.67. The Bertz CT molecular complexity index is 615. The number of carboxylic acids is 1. The zero-order valence-electron chi connectivity index (χ0n) is 15.2. The summed E-state index contributed by atoms with van der Waals surface area (Å²) in [4.78, 5) is 33.3. The van der Waals surface area contributed by atoms with E-state index in [2.05, 4.69) is 10.4 Å². The van der Waals surface area contributed by atoms with Gasteiger partial charge in [-0.3, -0.25) is 9.59 Å². The lowest BCUT2D eigenvalue weighted by atomic mass is 10.2. The second kappa shape index (κ2) is 14.2. The smallest absolute Gasteiger partial charge is 0.303 e. The number of carbonyl (C=O) groups excluding carboxylic acids is 2. The van der Waals surface area contributed by atoms with Crippen molar-refractivity contribution in [2.24, 2.45) is 0 Å². The van der Waals surface area contributed by atoms with Crippen molar-refractivity contribution in [2.75, 3.05) is 17.4 Å². The monoisotopic (exact) mass is 412 g/mol. The van der Waals surface area contributed by atoms with Crippen LogP contribution in [0, 0.1) is 0 Å². The number of hydrogen-bond donors (Lipinski definition) is 3. The predicted molar refractivity (Wildman–Crippen MR) is 110 cm³/mol. The molecule has 1 rings (SSSR count). The van der Waals surface area contributed by atoms with Crippen molar-refractivity contribution < 1.29 is 24.0 Å². The molecule has 0 aromatic heterocycles. The van der Waals surface area contributed by atoms with E-state index in [-0.39, 0.29) is 25.2 Å². The maximum absolute atomic E-state index is 11.7. The van der Waals surface area contributed by atoms with Gasteiger partial charge in [-0.15, -0.1) is 11.8 Å². The third kappa shape index (κ3) is 11.4. The molecule has 0 fully saturated rings. The number of para-hydroxylation sites is 1. The molecule has 0 heterocycles. The summed E-state index contributed by atoms with van der Waals surface area (Å²) in [5.74, 6) is 1.05. The van der Waals surface area contributed by atoms with Gasteiger partial charge in [-0.25, -0.2) is 0 Å². The Kier molecular flexibility index (Phi) is 12.2. The fourth-order valence-corrected chi connectivity index (χ4v) is 4.12. The highest BCUT2D eigenvalue weighted by Gasteiger charge is 2.11. The van der Waals surface area contributed by atoms with E-state index in [1.54, 1.807) is 0 Å². The highest BCUT2D eigenvalue weighted by atomic mass is 32.2. The molecule has 1 amide bonds. The van der Waals surface area contributed by atoms with Gasteiger partial charge in [0.15, 0.2) is 8.30 Å². The molecule has 0 saturated heterocycles. The van der Waals surface area contributed by atoms with E-state index in [1.807, 2.05) is 48.5 Å². The number of aldehydes is 1. The van der Waals surface area contributed by atoms with Crippen molar-refractivity contribution in [1.82, 2.24) is 5.32 Å². The number of thioether (sulfide) groups is 1. The summed E-state index contributed by atoms with van der Waals surface area (Å²) in [5, 5.41) is 16.3. The molecule has 1 aromatic rings. The molecule has 0 aliphatic carbocycles. The second-order valence-electron chi connectivity index (χ2n) is 5.40. The van der Waals surface area contributed by atoms with Gasteiger partial charge in [0, 0.05) is 24.3 Å². The van der Waals surface area contributed by atoms with Crippen molar-refractivity contribution in [2.45, 2.75) is 32.2 Å². The normalized spacial score (nSPS) is 13.1. The van der Waals surface area contributed by atoms with Crippen LogP contribution in [0.4, 0.5) is 5.69 Å². The second-order valence-corrected chi connectivity index (χ2v) is 7.77. The fraction of sp³-hybridized carbons (Fsp3) is 0.389. The van der Waals surface area contributed by atoms with Gasteiger partial charge in [-0.2, -0.15) is 0 Å². The van der Waals surface area contributed by atoms with Crippen LogP contribution < -0.4 is 10.4 Å². The van der Waals surface area contributed by atoms with Crippen molar-refractivity contribution >= 4 is 43.9 Å². The van der Waals surface area contributed by atoms with Crippen LogP contribution in [0.5, 0.6) is 0 Å². The Morgan fingerprint density at radius 2 is 2.04 bits per heavy atom. The molecule has 148 valence electrons.